The fraction of sp³-hybridized carbons (Fsp3) is 0.174. The molecule has 1 aromatic heterocycles. The van der Waals surface area contributed by atoms with Crippen LogP contribution in [0.5, 0.6) is 5.75 Å². The van der Waals surface area contributed by atoms with E-state index in [1.54, 1.807) is 54.0 Å². The topological polar surface area (TPSA) is 86.6 Å². The van der Waals surface area contributed by atoms with Gasteiger partial charge in [-0.05, 0) is 37.3 Å². The number of ether oxygens (including phenoxy) is 2. The van der Waals surface area contributed by atoms with Crippen LogP contribution in [-0.4, -0.2) is 23.6 Å². The molecule has 0 aliphatic carbocycles. The van der Waals surface area contributed by atoms with E-state index in [2.05, 4.69) is 10.1 Å². The lowest BCUT2D eigenvalue weighted by molar-refractivity contribution is -0.116. The van der Waals surface area contributed by atoms with Gasteiger partial charge in [-0.15, -0.1) is 0 Å². The molecular formula is C23H21FN2O5. The number of hydrogen-bond acceptors (Lipinski definition) is 5. The number of carbonyl (C=O) groups excluding carboxylic acids is 2. The molecule has 3 aromatic rings. The highest BCUT2D eigenvalue weighted by atomic mass is 19.1. The zero-order chi connectivity index (χ0) is 22.4. The molecule has 3 rings (SSSR count). The summed E-state index contributed by atoms with van der Waals surface area (Å²) in [6.45, 7) is 1.52. The molecule has 0 aliphatic rings. The number of hydrogen-bond donors (Lipinski definition) is 1. The molecule has 0 radical (unpaired) electrons. The number of esters is 1. The molecule has 8 heteroatoms. The Balaban J connectivity index is 1.68. The van der Waals surface area contributed by atoms with Gasteiger partial charge in [0.15, 0.2) is 5.75 Å². The van der Waals surface area contributed by atoms with Crippen molar-refractivity contribution in [2.75, 3.05) is 12.4 Å². The summed E-state index contributed by atoms with van der Waals surface area (Å²) in [6.07, 6.45) is 1.43. The maximum atomic E-state index is 13.8. The number of amides is 1. The molecular weight excluding hydrogens is 403 g/mol. The highest BCUT2D eigenvalue weighted by Crippen LogP contribution is 2.14. The Bertz CT molecular complexity index is 1160. The minimum atomic E-state index is -0.468. The molecule has 1 amide bonds. The van der Waals surface area contributed by atoms with E-state index in [1.165, 1.54) is 25.4 Å². The van der Waals surface area contributed by atoms with Crippen LogP contribution in [0.15, 0.2) is 65.6 Å². The van der Waals surface area contributed by atoms with Crippen molar-refractivity contribution in [3.05, 3.63) is 93.7 Å². The van der Waals surface area contributed by atoms with Crippen molar-refractivity contribution in [2.45, 2.75) is 20.1 Å². The summed E-state index contributed by atoms with van der Waals surface area (Å²) in [5.74, 6) is -1.21. The Hall–Kier alpha value is -3.94. The van der Waals surface area contributed by atoms with Crippen LogP contribution in [0.4, 0.5) is 10.1 Å². The van der Waals surface area contributed by atoms with Crippen LogP contribution in [0, 0.1) is 12.7 Å². The Morgan fingerprint density at radius 3 is 2.48 bits per heavy atom. The minimum absolute atomic E-state index is 0.0177. The molecule has 0 unspecified atom stereocenters. The predicted molar refractivity (Wildman–Crippen MR) is 113 cm³/mol. The fourth-order valence-corrected chi connectivity index (χ4v) is 2.86. The second-order valence-corrected chi connectivity index (χ2v) is 6.77. The summed E-state index contributed by atoms with van der Waals surface area (Å²) in [5, 5.41) is 2.72. The molecule has 2 aromatic carbocycles. The molecule has 31 heavy (non-hydrogen) atoms. The average molecular weight is 424 g/mol. The van der Waals surface area contributed by atoms with Gasteiger partial charge in [0.25, 0.3) is 0 Å². The van der Waals surface area contributed by atoms with E-state index in [4.69, 9.17) is 4.74 Å². The van der Waals surface area contributed by atoms with Crippen molar-refractivity contribution in [1.29, 1.82) is 0 Å². The van der Waals surface area contributed by atoms with Gasteiger partial charge in [-0.1, -0.05) is 18.2 Å². The highest BCUT2D eigenvalue weighted by molar-refractivity contribution is 5.93. The van der Waals surface area contributed by atoms with Crippen molar-refractivity contribution >= 4 is 17.6 Å². The summed E-state index contributed by atoms with van der Waals surface area (Å²) in [5.41, 5.74) is 1.41. The third kappa shape index (κ3) is 5.57. The van der Waals surface area contributed by atoms with Crippen molar-refractivity contribution in [3.63, 3.8) is 0 Å². The van der Waals surface area contributed by atoms with E-state index in [9.17, 15) is 18.8 Å². The van der Waals surface area contributed by atoms with Gasteiger partial charge in [0, 0.05) is 23.0 Å². The zero-order valence-corrected chi connectivity index (χ0v) is 17.1. The van der Waals surface area contributed by atoms with Gasteiger partial charge < -0.3 is 19.4 Å². The summed E-state index contributed by atoms with van der Waals surface area (Å²) in [7, 11) is 1.29. The largest absolute Gasteiger partial charge is 0.483 e. The summed E-state index contributed by atoms with van der Waals surface area (Å²) in [6, 6.07) is 13.7. The number of benzene rings is 2. The third-order valence-corrected chi connectivity index (χ3v) is 4.55. The quantitative estimate of drug-likeness (QED) is 0.588. The average Bonchev–Trinajstić information content (AvgIpc) is 2.75. The molecule has 160 valence electrons. The number of carbonyl (C=O) groups is 2. The van der Waals surface area contributed by atoms with Crippen molar-refractivity contribution < 1.29 is 23.5 Å². The Labute approximate surface area is 178 Å². The van der Waals surface area contributed by atoms with Crippen LogP contribution >= 0.6 is 0 Å². The molecule has 0 bridgehead atoms. The van der Waals surface area contributed by atoms with E-state index >= 15 is 0 Å². The highest BCUT2D eigenvalue weighted by Gasteiger charge is 2.11. The second kappa shape index (κ2) is 9.71. The second-order valence-electron chi connectivity index (χ2n) is 6.77. The van der Waals surface area contributed by atoms with E-state index < -0.39 is 11.8 Å². The molecule has 0 aliphatic heterocycles. The lowest BCUT2D eigenvalue weighted by Gasteiger charge is -2.14. The van der Waals surface area contributed by atoms with Gasteiger partial charge in [0.1, 0.15) is 19.0 Å². The lowest BCUT2D eigenvalue weighted by Crippen LogP contribution is -2.22. The third-order valence-electron chi connectivity index (χ3n) is 4.55. The molecule has 0 fully saturated rings. The summed E-state index contributed by atoms with van der Waals surface area (Å²) >= 11 is 0. The monoisotopic (exact) mass is 424 g/mol. The molecule has 0 saturated carbocycles. The van der Waals surface area contributed by atoms with E-state index in [-0.39, 0.29) is 30.2 Å². The number of aromatic nitrogens is 1. The number of nitrogens with one attached hydrogen (secondary N) is 1. The van der Waals surface area contributed by atoms with Crippen LogP contribution in [0.1, 0.15) is 21.6 Å². The smallest absolute Gasteiger partial charge is 0.337 e. The number of methoxy groups -OCH3 is 1. The van der Waals surface area contributed by atoms with E-state index in [0.29, 0.717) is 22.5 Å². The fourth-order valence-electron chi connectivity index (χ4n) is 2.86. The molecule has 1 N–H and O–H groups in total. The standard InChI is InChI=1S/C23H21FN2O5/c1-15-11-20(27)21(31-14-17-5-3-4-6-19(17)24)12-26(15)13-22(28)25-18-9-7-16(8-10-18)23(29)30-2/h3-12H,13-14H2,1-2H3,(H,25,28). The Kier molecular flexibility index (Phi) is 6.81. The first-order valence-electron chi connectivity index (χ1n) is 9.43. The van der Waals surface area contributed by atoms with Crippen LogP contribution in [-0.2, 0) is 22.7 Å². The normalized spacial score (nSPS) is 10.4. The first-order valence-corrected chi connectivity index (χ1v) is 9.43. The maximum absolute atomic E-state index is 13.8. The number of aryl methyl sites for hydroxylation is 1. The lowest BCUT2D eigenvalue weighted by atomic mass is 10.2. The number of pyridine rings is 1. The SMILES string of the molecule is COC(=O)c1ccc(NC(=O)Cn2cc(OCc3ccccc3F)c(=O)cc2C)cc1. The Morgan fingerprint density at radius 2 is 1.81 bits per heavy atom. The van der Waals surface area contributed by atoms with Crippen molar-refractivity contribution in [2.24, 2.45) is 0 Å². The first-order chi connectivity index (χ1) is 14.9. The zero-order valence-electron chi connectivity index (χ0n) is 17.1. The number of nitrogens with zero attached hydrogens (tertiary/aromatic N) is 1. The first kappa shape index (κ1) is 21.8. The van der Waals surface area contributed by atoms with Gasteiger partial charge in [0.2, 0.25) is 11.3 Å². The van der Waals surface area contributed by atoms with Crippen molar-refractivity contribution in [3.8, 4) is 5.75 Å². The summed E-state index contributed by atoms with van der Waals surface area (Å²) < 4.78 is 25.5. The number of halogens is 1. The van der Waals surface area contributed by atoms with Crippen LogP contribution < -0.4 is 15.5 Å². The van der Waals surface area contributed by atoms with Gasteiger partial charge in [0.05, 0.1) is 18.9 Å². The number of rotatable bonds is 7. The molecule has 0 saturated heterocycles. The van der Waals surface area contributed by atoms with E-state index in [1.807, 2.05) is 0 Å². The molecule has 0 atom stereocenters. The van der Waals surface area contributed by atoms with Crippen molar-refractivity contribution in [1.82, 2.24) is 4.57 Å². The summed E-state index contributed by atoms with van der Waals surface area (Å²) in [4.78, 5) is 36.1. The van der Waals surface area contributed by atoms with Crippen LogP contribution in [0.2, 0.25) is 0 Å². The maximum Gasteiger partial charge on any atom is 0.337 e. The van der Waals surface area contributed by atoms with Crippen LogP contribution in [0.3, 0.4) is 0 Å². The molecule has 7 nitrogen and oxygen atoms in total. The van der Waals surface area contributed by atoms with Gasteiger partial charge >= 0.3 is 5.97 Å². The minimum Gasteiger partial charge on any atom is -0.483 e. The van der Waals surface area contributed by atoms with Gasteiger partial charge in [-0.2, -0.15) is 0 Å². The van der Waals surface area contributed by atoms with Gasteiger partial charge in [-0.3, -0.25) is 9.59 Å². The van der Waals surface area contributed by atoms with Crippen LogP contribution in [0.25, 0.3) is 0 Å². The number of anilines is 1. The molecule has 1 heterocycles. The van der Waals surface area contributed by atoms with E-state index in [0.717, 1.165) is 0 Å². The Morgan fingerprint density at radius 1 is 1.10 bits per heavy atom. The molecule has 0 spiro atoms. The predicted octanol–water partition coefficient (Wildman–Crippen LogP) is 3.30. The van der Waals surface area contributed by atoms with Gasteiger partial charge in [-0.25, -0.2) is 9.18 Å².